The number of phenolic OH excluding ortho intramolecular Hbond substituents is 1. The molecular formula is C42H38N6O9. The van der Waals surface area contributed by atoms with E-state index < -0.39 is 79.9 Å². The van der Waals surface area contributed by atoms with E-state index in [2.05, 4.69) is 5.43 Å². The molecule has 4 amide bonds. The van der Waals surface area contributed by atoms with Crippen LogP contribution >= 0.6 is 0 Å². The molecule has 4 aliphatic rings. The zero-order chi connectivity index (χ0) is 40.7. The highest BCUT2D eigenvalue weighted by atomic mass is 16.6. The molecule has 0 aromatic heterocycles. The van der Waals surface area contributed by atoms with Gasteiger partial charge in [0.1, 0.15) is 5.75 Å². The highest BCUT2D eigenvalue weighted by Gasteiger charge is 2.70. The molecule has 15 heteroatoms. The fourth-order valence-electron chi connectivity index (χ4n) is 9.69. The van der Waals surface area contributed by atoms with Gasteiger partial charge in [-0.25, -0.2) is 4.90 Å². The zero-order valence-corrected chi connectivity index (χ0v) is 31.4. The van der Waals surface area contributed by atoms with Gasteiger partial charge in [-0.3, -0.25) is 44.8 Å². The molecule has 6 atom stereocenters. The van der Waals surface area contributed by atoms with Crippen LogP contribution in [-0.4, -0.2) is 57.7 Å². The Hall–Kier alpha value is -6.90. The van der Waals surface area contributed by atoms with E-state index in [0.29, 0.717) is 28.0 Å². The summed E-state index contributed by atoms with van der Waals surface area (Å²) in [6.07, 6.45) is 1.93. The van der Waals surface area contributed by atoms with E-state index in [1.165, 1.54) is 25.1 Å². The Morgan fingerprint density at radius 3 is 2.07 bits per heavy atom. The van der Waals surface area contributed by atoms with Crippen molar-refractivity contribution in [1.82, 2.24) is 5.01 Å². The summed E-state index contributed by atoms with van der Waals surface area (Å²) in [5.74, 6) is -7.01. The number of benzene rings is 4. The van der Waals surface area contributed by atoms with Crippen LogP contribution in [0.1, 0.15) is 41.0 Å². The summed E-state index contributed by atoms with van der Waals surface area (Å²) in [6, 6.07) is 23.2. The molecule has 0 spiro atoms. The number of aromatic hydroxyl groups is 1. The number of allylic oxidation sites excluding steroid dienone is 2. The first-order valence-electron chi connectivity index (χ1n) is 18.4. The third kappa shape index (κ3) is 5.47. The number of nitrogens with zero attached hydrogens (tertiary/aromatic N) is 5. The number of fused-ring (bicyclic) bond motifs is 4. The van der Waals surface area contributed by atoms with Crippen molar-refractivity contribution in [2.24, 2.45) is 23.7 Å². The van der Waals surface area contributed by atoms with E-state index in [-0.39, 0.29) is 30.0 Å². The number of nitrogens with one attached hydrogen (secondary N) is 1. The predicted molar refractivity (Wildman–Crippen MR) is 208 cm³/mol. The second kappa shape index (κ2) is 13.4. The fourth-order valence-corrected chi connectivity index (χ4v) is 9.69. The topological polar surface area (TPSA) is 197 Å². The summed E-state index contributed by atoms with van der Waals surface area (Å²) < 4.78 is 0. The van der Waals surface area contributed by atoms with Gasteiger partial charge in [-0.05, 0) is 67.5 Å². The average Bonchev–Trinajstić information content (AvgIpc) is 3.57. The van der Waals surface area contributed by atoms with Gasteiger partial charge in [0.2, 0.25) is 11.8 Å². The summed E-state index contributed by atoms with van der Waals surface area (Å²) in [6.45, 7) is 3.64. The SMILES string of the molecule is Cc1ccc(NN2C(=O)C3CC4C(=CCC5C(=O)N(c6cc([N+](=O)[O-])c(N(C)C)c([N+](=O)[O-])c6)C(=O)C54)C(c4ccc(O)c(C)c4)C3(c3ccccc3)C2=O)cc1. The second-order valence-corrected chi connectivity index (χ2v) is 15.4. The van der Waals surface area contributed by atoms with E-state index in [1.807, 2.05) is 43.3 Å². The first-order valence-corrected chi connectivity index (χ1v) is 18.4. The molecule has 2 aliphatic carbocycles. The van der Waals surface area contributed by atoms with Crippen LogP contribution in [0.5, 0.6) is 5.75 Å². The number of hydrogen-bond acceptors (Lipinski definition) is 11. The normalized spacial score (nSPS) is 25.1. The smallest absolute Gasteiger partial charge is 0.301 e. The number of hydrogen-bond donors (Lipinski definition) is 2. The van der Waals surface area contributed by atoms with Crippen molar-refractivity contribution in [2.75, 3.05) is 29.3 Å². The lowest BCUT2D eigenvalue weighted by Crippen LogP contribution is -2.53. The number of anilines is 3. The molecule has 4 aromatic carbocycles. The van der Waals surface area contributed by atoms with Crippen LogP contribution in [0.2, 0.25) is 0 Å². The standard InChI is InChI=1S/C42H38N6O9/c1-22-10-13-26(14-11-22)43-46-39(51)31-21-30-28(36(24-12-17-34(49)23(2)18-24)42(31,41(46)53)25-8-6-5-7-9-25)15-16-29-35(30)40(52)45(38(29)50)27-19-32(47(54)55)37(44(3)4)33(20-27)48(56)57/h5-15,17-20,29-31,35-36,43,49H,16,21H2,1-4H3. The van der Waals surface area contributed by atoms with Gasteiger partial charge in [0, 0.05) is 32.1 Å². The Morgan fingerprint density at radius 1 is 0.825 bits per heavy atom. The third-order valence-electron chi connectivity index (χ3n) is 12.1. The van der Waals surface area contributed by atoms with Crippen LogP contribution < -0.4 is 15.2 Å². The maximum Gasteiger partial charge on any atom is 0.301 e. The molecule has 8 rings (SSSR count). The average molecular weight is 771 g/mol. The second-order valence-electron chi connectivity index (χ2n) is 15.4. The number of nitro benzene ring substituents is 2. The van der Waals surface area contributed by atoms with Gasteiger partial charge in [0.05, 0.1) is 44.4 Å². The number of imide groups is 2. The van der Waals surface area contributed by atoms with Crippen LogP contribution in [0.4, 0.5) is 28.4 Å². The summed E-state index contributed by atoms with van der Waals surface area (Å²) in [7, 11) is 2.83. The predicted octanol–water partition coefficient (Wildman–Crippen LogP) is 6.08. The molecule has 2 saturated heterocycles. The molecule has 3 fully saturated rings. The first kappa shape index (κ1) is 37.0. The van der Waals surface area contributed by atoms with E-state index in [4.69, 9.17) is 0 Å². The minimum Gasteiger partial charge on any atom is -0.508 e. The Kier molecular flexibility index (Phi) is 8.70. The molecule has 290 valence electrons. The Morgan fingerprint density at radius 2 is 1.47 bits per heavy atom. The van der Waals surface area contributed by atoms with Crippen molar-refractivity contribution in [3.05, 3.63) is 139 Å². The molecule has 57 heavy (non-hydrogen) atoms. The molecule has 0 radical (unpaired) electrons. The van der Waals surface area contributed by atoms with Crippen molar-refractivity contribution in [2.45, 2.75) is 38.0 Å². The van der Waals surface area contributed by atoms with Crippen molar-refractivity contribution in [3.8, 4) is 5.75 Å². The lowest BCUT2D eigenvalue weighted by Gasteiger charge is -2.50. The van der Waals surface area contributed by atoms with Crippen LogP contribution in [0.15, 0.2) is 96.6 Å². The number of hydrazine groups is 1. The third-order valence-corrected chi connectivity index (χ3v) is 12.1. The number of nitro groups is 2. The molecule has 2 heterocycles. The summed E-state index contributed by atoms with van der Waals surface area (Å²) in [4.78, 5) is 84.2. The van der Waals surface area contributed by atoms with Gasteiger partial charge in [-0.1, -0.05) is 71.8 Å². The Labute approximate surface area is 326 Å². The summed E-state index contributed by atoms with van der Waals surface area (Å²) in [5, 5.41) is 36.1. The fraction of sp³-hybridized carbons (Fsp3) is 0.286. The van der Waals surface area contributed by atoms with Crippen LogP contribution in [0, 0.1) is 57.7 Å². The van der Waals surface area contributed by atoms with Gasteiger partial charge < -0.3 is 10.0 Å². The maximum atomic E-state index is 15.3. The summed E-state index contributed by atoms with van der Waals surface area (Å²) in [5.41, 5.74) is 3.51. The van der Waals surface area contributed by atoms with Crippen molar-refractivity contribution in [1.29, 1.82) is 0 Å². The minimum atomic E-state index is -1.52. The van der Waals surface area contributed by atoms with E-state index in [1.54, 1.807) is 43.3 Å². The van der Waals surface area contributed by atoms with Crippen molar-refractivity contribution >= 4 is 52.1 Å². The number of amides is 4. The highest BCUT2D eigenvalue weighted by Crippen LogP contribution is 2.64. The maximum absolute atomic E-state index is 15.3. The van der Waals surface area contributed by atoms with E-state index in [0.717, 1.165) is 27.6 Å². The van der Waals surface area contributed by atoms with Gasteiger partial charge in [-0.2, -0.15) is 5.01 Å². The molecular weight excluding hydrogens is 732 g/mol. The first-order chi connectivity index (χ1) is 27.2. The van der Waals surface area contributed by atoms with E-state index >= 15 is 4.79 Å². The number of rotatable bonds is 8. The van der Waals surface area contributed by atoms with Crippen LogP contribution in [0.3, 0.4) is 0 Å². The van der Waals surface area contributed by atoms with Gasteiger partial charge in [-0.15, -0.1) is 0 Å². The molecule has 1 saturated carbocycles. The van der Waals surface area contributed by atoms with Crippen molar-refractivity contribution in [3.63, 3.8) is 0 Å². The minimum absolute atomic E-state index is 0.00116. The van der Waals surface area contributed by atoms with Crippen LogP contribution in [-0.2, 0) is 24.6 Å². The lowest BCUT2D eigenvalue weighted by atomic mass is 9.49. The van der Waals surface area contributed by atoms with Gasteiger partial charge >= 0.3 is 11.4 Å². The van der Waals surface area contributed by atoms with E-state index in [9.17, 15) is 39.7 Å². The molecule has 4 aromatic rings. The molecule has 0 bridgehead atoms. The molecule has 2 aliphatic heterocycles. The largest absolute Gasteiger partial charge is 0.508 e. The Balaban J connectivity index is 1.30. The van der Waals surface area contributed by atoms with Crippen molar-refractivity contribution < 1.29 is 34.1 Å². The number of carbonyl (C=O) groups excluding carboxylic acids is 4. The van der Waals surface area contributed by atoms with Crippen LogP contribution in [0.25, 0.3) is 0 Å². The zero-order valence-electron chi connectivity index (χ0n) is 31.4. The molecule has 15 nitrogen and oxygen atoms in total. The molecule has 2 N–H and O–H groups in total. The van der Waals surface area contributed by atoms with Gasteiger partial charge in [0.15, 0.2) is 5.69 Å². The van der Waals surface area contributed by atoms with Gasteiger partial charge in [0.25, 0.3) is 11.8 Å². The number of phenols is 1. The Bertz CT molecular complexity index is 2410. The molecule has 6 unspecified atom stereocenters. The summed E-state index contributed by atoms with van der Waals surface area (Å²) >= 11 is 0. The quantitative estimate of drug-likeness (QED) is 0.0912. The highest BCUT2D eigenvalue weighted by molar-refractivity contribution is 6.23. The number of aryl methyl sites for hydroxylation is 2. The monoisotopic (exact) mass is 770 g/mol. The lowest BCUT2D eigenvalue weighted by molar-refractivity contribution is -0.392. The number of carbonyl (C=O) groups is 4.